The topological polar surface area (TPSA) is 86.8 Å². The van der Waals surface area contributed by atoms with E-state index >= 15 is 0 Å². The Morgan fingerprint density at radius 1 is 0.974 bits per heavy atom. The van der Waals surface area contributed by atoms with E-state index in [1.54, 1.807) is 37.3 Å². The van der Waals surface area contributed by atoms with Gasteiger partial charge in [-0.3, -0.25) is 13.9 Å². The highest BCUT2D eigenvalue weighted by Gasteiger charge is 2.32. The number of hydrogen-bond donors (Lipinski definition) is 1. The molecule has 202 valence electrons. The molecule has 0 spiro atoms. The van der Waals surface area contributed by atoms with Crippen molar-refractivity contribution in [3.05, 3.63) is 93.9 Å². The first-order chi connectivity index (χ1) is 18.0. The summed E-state index contributed by atoms with van der Waals surface area (Å²) >= 11 is 9.42. The summed E-state index contributed by atoms with van der Waals surface area (Å²) in [6.07, 6.45) is 0.735. The van der Waals surface area contributed by atoms with Crippen molar-refractivity contribution >= 4 is 55.1 Å². The zero-order valence-corrected chi connectivity index (χ0v) is 24.6. The number of nitrogens with one attached hydrogen (secondary N) is 1. The number of sulfonamides is 1. The van der Waals surface area contributed by atoms with E-state index in [-0.39, 0.29) is 23.4 Å². The lowest BCUT2D eigenvalue weighted by atomic mass is 10.1. The number of para-hydroxylation sites is 1. The molecule has 3 aromatic rings. The van der Waals surface area contributed by atoms with Gasteiger partial charge in [0.25, 0.3) is 10.0 Å². The predicted molar refractivity (Wildman–Crippen MR) is 154 cm³/mol. The predicted octanol–water partition coefficient (Wildman–Crippen LogP) is 5.63. The van der Waals surface area contributed by atoms with E-state index in [0.717, 1.165) is 20.8 Å². The maximum atomic E-state index is 13.9. The summed E-state index contributed by atoms with van der Waals surface area (Å²) in [5.41, 5.74) is 1.12. The van der Waals surface area contributed by atoms with E-state index in [9.17, 15) is 18.0 Å². The van der Waals surface area contributed by atoms with Gasteiger partial charge in [0.2, 0.25) is 11.8 Å². The first kappa shape index (κ1) is 29.7. The van der Waals surface area contributed by atoms with Gasteiger partial charge in [0.05, 0.1) is 10.6 Å². The Bertz CT molecular complexity index is 1350. The molecule has 0 aliphatic heterocycles. The molecule has 7 nitrogen and oxygen atoms in total. The Hall–Kier alpha value is -2.88. The van der Waals surface area contributed by atoms with E-state index in [1.165, 1.54) is 29.2 Å². The van der Waals surface area contributed by atoms with Crippen molar-refractivity contribution in [3.63, 3.8) is 0 Å². The summed E-state index contributed by atoms with van der Waals surface area (Å²) in [5.74, 6) is -0.826. The molecule has 2 atom stereocenters. The Morgan fingerprint density at radius 3 is 2.24 bits per heavy atom. The number of rotatable bonds is 11. The van der Waals surface area contributed by atoms with E-state index in [0.29, 0.717) is 10.7 Å². The smallest absolute Gasteiger partial charge is 0.264 e. The van der Waals surface area contributed by atoms with Crippen LogP contribution in [-0.4, -0.2) is 43.8 Å². The van der Waals surface area contributed by atoms with Crippen LogP contribution in [0.1, 0.15) is 32.8 Å². The lowest BCUT2D eigenvalue weighted by molar-refractivity contribution is -0.139. The summed E-state index contributed by atoms with van der Waals surface area (Å²) in [5, 5.41) is 3.32. The summed E-state index contributed by atoms with van der Waals surface area (Å²) in [4.78, 5) is 28.3. The molecule has 0 unspecified atom stereocenters. The number of anilines is 1. The zero-order chi connectivity index (χ0) is 27.9. The minimum Gasteiger partial charge on any atom is -0.352 e. The Balaban J connectivity index is 2.00. The van der Waals surface area contributed by atoms with Crippen LogP contribution in [0.5, 0.6) is 0 Å². The Labute approximate surface area is 238 Å². The second kappa shape index (κ2) is 13.3. The molecule has 1 N–H and O–H groups in total. The van der Waals surface area contributed by atoms with E-state index in [1.807, 2.05) is 38.1 Å². The molecule has 10 heteroatoms. The summed E-state index contributed by atoms with van der Waals surface area (Å²) in [7, 11) is -4.13. The van der Waals surface area contributed by atoms with Gasteiger partial charge in [0.15, 0.2) is 0 Å². The third-order valence-electron chi connectivity index (χ3n) is 6.13. The summed E-state index contributed by atoms with van der Waals surface area (Å²) < 4.78 is 29.3. The zero-order valence-electron chi connectivity index (χ0n) is 21.5. The highest BCUT2D eigenvalue weighted by molar-refractivity contribution is 9.10. The number of carbonyl (C=O) groups excluding carboxylic acids is 2. The van der Waals surface area contributed by atoms with Gasteiger partial charge in [-0.25, -0.2) is 8.42 Å². The van der Waals surface area contributed by atoms with Gasteiger partial charge in [-0.05, 0) is 74.4 Å². The van der Waals surface area contributed by atoms with Crippen LogP contribution >= 0.6 is 27.5 Å². The molecule has 3 rings (SSSR count). The molecule has 2 amide bonds. The average molecular weight is 621 g/mol. The van der Waals surface area contributed by atoms with Gasteiger partial charge < -0.3 is 10.2 Å². The quantitative estimate of drug-likeness (QED) is 0.301. The van der Waals surface area contributed by atoms with Crippen LogP contribution in [0, 0.1) is 0 Å². The van der Waals surface area contributed by atoms with Crippen molar-refractivity contribution in [1.82, 2.24) is 10.2 Å². The van der Waals surface area contributed by atoms with Crippen molar-refractivity contribution in [2.45, 2.75) is 50.7 Å². The van der Waals surface area contributed by atoms with Crippen molar-refractivity contribution in [2.24, 2.45) is 0 Å². The lowest BCUT2D eigenvalue weighted by Gasteiger charge is -2.32. The van der Waals surface area contributed by atoms with E-state index < -0.39 is 28.5 Å². The van der Waals surface area contributed by atoms with E-state index in [2.05, 4.69) is 21.2 Å². The molecular weight excluding hydrogens is 590 g/mol. The average Bonchev–Trinajstić information content (AvgIpc) is 2.90. The van der Waals surface area contributed by atoms with Gasteiger partial charge >= 0.3 is 0 Å². The van der Waals surface area contributed by atoms with Crippen molar-refractivity contribution in [2.75, 3.05) is 10.8 Å². The molecule has 0 aliphatic rings. The standard InChI is InChI=1S/C28H31BrClN3O4S/c1-4-20(2)31-28(35)21(3)32(18-22-9-8-10-23(29)17-22)27(34)19-33(25-11-6-5-7-12-25)38(36,37)26-15-13-24(30)14-16-26/h5-17,20-21H,4,18-19H2,1-3H3,(H,31,35)/t20-,21-/m0/s1. The number of carbonyl (C=O) groups is 2. The molecule has 0 saturated carbocycles. The minimum absolute atomic E-state index is 0.000319. The van der Waals surface area contributed by atoms with Crippen LogP contribution in [0.15, 0.2) is 88.2 Å². The normalized spacial score (nSPS) is 12.9. The van der Waals surface area contributed by atoms with Crippen LogP contribution in [0.4, 0.5) is 5.69 Å². The summed E-state index contributed by atoms with van der Waals surface area (Å²) in [6.45, 7) is 5.12. The highest BCUT2D eigenvalue weighted by Crippen LogP contribution is 2.25. The van der Waals surface area contributed by atoms with Crippen molar-refractivity contribution < 1.29 is 18.0 Å². The van der Waals surface area contributed by atoms with Crippen LogP contribution < -0.4 is 9.62 Å². The van der Waals surface area contributed by atoms with Crippen LogP contribution in [0.3, 0.4) is 0 Å². The van der Waals surface area contributed by atoms with Gasteiger partial charge in [0, 0.05) is 22.1 Å². The van der Waals surface area contributed by atoms with Crippen molar-refractivity contribution in [3.8, 4) is 0 Å². The second-order valence-electron chi connectivity index (χ2n) is 8.95. The fourth-order valence-corrected chi connectivity index (χ4v) is 5.72. The largest absolute Gasteiger partial charge is 0.352 e. The lowest BCUT2D eigenvalue weighted by Crippen LogP contribution is -2.52. The maximum absolute atomic E-state index is 13.9. The molecule has 0 fully saturated rings. The molecule has 0 heterocycles. The SMILES string of the molecule is CC[C@H](C)NC(=O)[C@H](C)N(Cc1cccc(Br)c1)C(=O)CN(c1ccccc1)S(=O)(=O)c1ccc(Cl)cc1. The monoisotopic (exact) mass is 619 g/mol. The molecule has 3 aromatic carbocycles. The number of nitrogens with zero attached hydrogens (tertiary/aromatic N) is 2. The second-order valence-corrected chi connectivity index (χ2v) is 12.2. The molecule has 0 aliphatic carbocycles. The molecule has 0 radical (unpaired) electrons. The summed E-state index contributed by atoms with van der Waals surface area (Å²) in [6, 6.07) is 20.7. The number of benzene rings is 3. The molecular formula is C28H31BrClN3O4S. The first-order valence-corrected chi connectivity index (χ1v) is 14.8. The number of hydrogen-bond acceptors (Lipinski definition) is 4. The first-order valence-electron chi connectivity index (χ1n) is 12.2. The molecule has 0 bridgehead atoms. The highest BCUT2D eigenvalue weighted by atomic mass is 79.9. The van der Waals surface area contributed by atoms with Gasteiger partial charge in [-0.15, -0.1) is 0 Å². The third-order valence-corrected chi connectivity index (χ3v) is 8.67. The van der Waals surface area contributed by atoms with Gasteiger partial charge in [-0.1, -0.05) is 64.8 Å². The van der Waals surface area contributed by atoms with Crippen molar-refractivity contribution in [1.29, 1.82) is 0 Å². The Kier molecular flexibility index (Phi) is 10.4. The third kappa shape index (κ3) is 7.58. The maximum Gasteiger partial charge on any atom is 0.264 e. The number of halogens is 2. The fourth-order valence-electron chi connectivity index (χ4n) is 3.74. The van der Waals surface area contributed by atoms with Gasteiger partial charge in [-0.2, -0.15) is 0 Å². The van der Waals surface area contributed by atoms with Crippen LogP contribution in [-0.2, 0) is 26.2 Å². The molecule has 0 aromatic heterocycles. The van der Waals surface area contributed by atoms with Gasteiger partial charge in [0.1, 0.15) is 12.6 Å². The minimum atomic E-state index is -4.13. The molecule has 38 heavy (non-hydrogen) atoms. The van der Waals surface area contributed by atoms with E-state index in [4.69, 9.17) is 11.6 Å². The van der Waals surface area contributed by atoms with Crippen LogP contribution in [0.2, 0.25) is 5.02 Å². The Morgan fingerprint density at radius 2 is 1.63 bits per heavy atom. The van der Waals surface area contributed by atoms with Crippen LogP contribution in [0.25, 0.3) is 0 Å². The molecule has 0 saturated heterocycles. The fraction of sp³-hybridized carbons (Fsp3) is 0.286. The number of amides is 2.